The van der Waals surface area contributed by atoms with Crippen LogP contribution >= 0.6 is 0 Å². The van der Waals surface area contributed by atoms with Crippen molar-refractivity contribution in [3.8, 4) is 0 Å². The van der Waals surface area contributed by atoms with Crippen LogP contribution in [0, 0.1) is 6.92 Å². The molecule has 19 heavy (non-hydrogen) atoms. The number of aromatic nitrogens is 2. The minimum atomic E-state index is 0.251. The smallest absolute Gasteiger partial charge is 0.137 e. The van der Waals surface area contributed by atoms with Gasteiger partial charge in [-0.05, 0) is 27.2 Å². The van der Waals surface area contributed by atoms with Gasteiger partial charge in [0.2, 0.25) is 0 Å². The number of anilines is 2. The fourth-order valence-corrected chi connectivity index (χ4v) is 1.81. The van der Waals surface area contributed by atoms with Crippen LogP contribution < -0.4 is 10.6 Å². The predicted octanol–water partition coefficient (Wildman–Crippen LogP) is 2.18. The van der Waals surface area contributed by atoms with Crippen molar-refractivity contribution in [1.82, 2.24) is 9.97 Å². The van der Waals surface area contributed by atoms with Crippen molar-refractivity contribution in [3.05, 3.63) is 11.4 Å². The van der Waals surface area contributed by atoms with Gasteiger partial charge in [0.1, 0.15) is 17.5 Å². The molecule has 0 fully saturated rings. The maximum absolute atomic E-state index is 5.96. The molecule has 0 saturated heterocycles. The zero-order valence-corrected chi connectivity index (χ0v) is 12.7. The van der Waals surface area contributed by atoms with E-state index in [1.165, 1.54) is 0 Å². The van der Waals surface area contributed by atoms with E-state index >= 15 is 0 Å². The molecule has 0 spiro atoms. The molecular formula is C14H26N4O. The molecule has 1 rings (SSSR count). The summed E-state index contributed by atoms with van der Waals surface area (Å²) in [5.74, 6) is 2.30. The molecule has 1 aromatic heterocycles. The van der Waals surface area contributed by atoms with Crippen molar-refractivity contribution in [1.29, 1.82) is 0 Å². The number of hydrogen-bond acceptors (Lipinski definition) is 5. The summed E-state index contributed by atoms with van der Waals surface area (Å²) >= 11 is 0. The van der Waals surface area contributed by atoms with Crippen molar-refractivity contribution >= 4 is 11.6 Å². The third-order valence-electron chi connectivity index (χ3n) is 2.92. The SMILES string of the molecule is CCCc1nc(N)c(C)c(N(C)CCOC(C)C)n1. The van der Waals surface area contributed by atoms with Crippen LogP contribution in [0.5, 0.6) is 0 Å². The first kappa shape index (κ1) is 15.7. The van der Waals surface area contributed by atoms with Crippen molar-refractivity contribution in [2.75, 3.05) is 30.8 Å². The molecule has 0 bridgehead atoms. The van der Waals surface area contributed by atoms with Gasteiger partial charge in [-0.25, -0.2) is 9.97 Å². The van der Waals surface area contributed by atoms with E-state index in [2.05, 4.69) is 21.8 Å². The Morgan fingerprint density at radius 3 is 2.58 bits per heavy atom. The Morgan fingerprint density at radius 2 is 2.00 bits per heavy atom. The van der Waals surface area contributed by atoms with Crippen LogP contribution in [-0.2, 0) is 11.2 Å². The maximum atomic E-state index is 5.96. The van der Waals surface area contributed by atoms with Crippen molar-refractivity contribution < 1.29 is 4.74 Å². The molecule has 0 unspecified atom stereocenters. The highest BCUT2D eigenvalue weighted by atomic mass is 16.5. The minimum absolute atomic E-state index is 0.251. The number of likely N-dealkylation sites (N-methyl/N-ethyl adjacent to an activating group) is 1. The van der Waals surface area contributed by atoms with Gasteiger partial charge in [0.25, 0.3) is 0 Å². The zero-order chi connectivity index (χ0) is 14.4. The number of ether oxygens (including phenoxy) is 1. The number of nitrogens with zero attached hydrogens (tertiary/aromatic N) is 3. The lowest BCUT2D eigenvalue weighted by molar-refractivity contribution is 0.0845. The standard InChI is InChI=1S/C14H26N4O/c1-6-7-12-16-13(15)11(4)14(17-12)18(5)8-9-19-10(2)3/h10H,6-9H2,1-5H3,(H2,15,16,17). The van der Waals surface area contributed by atoms with Crippen LogP contribution in [0.2, 0.25) is 0 Å². The second-order valence-corrected chi connectivity index (χ2v) is 5.06. The lowest BCUT2D eigenvalue weighted by atomic mass is 10.2. The van der Waals surface area contributed by atoms with E-state index in [0.717, 1.165) is 36.6 Å². The third-order valence-corrected chi connectivity index (χ3v) is 2.92. The Morgan fingerprint density at radius 1 is 1.32 bits per heavy atom. The average molecular weight is 266 g/mol. The molecule has 5 heteroatoms. The molecule has 0 aliphatic carbocycles. The van der Waals surface area contributed by atoms with Gasteiger partial charge in [-0.15, -0.1) is 0 Å². The number of nitrogen functional groups attached to an aromatic ring is 1. The molecule has 0 radical (unpaired) electrons. The monoisotopic (exact) mass is 266 g/mol. The van der Waals surface area contributed by atoms with Crippen LogP contribution in [0.15, 0.2) is 0 Å². The molecule has 0 atom stereocenters. The molecule has 0 aliphatic heterocycles. The fourth-order valence-electron chi connectivity index (χ4n) is 1.81. The second kappa shape index (κ2) is 7.28. The van der Waals surface area contributed by atoms with E-state index in [1.54, 1.807) is 0 Å². The molecule has 108 valence electrons. The van der Waals surface area contributed by atoms with E-state index < -0.39 is 0 Å². The van der Waals surface area contributed by atoms with E-state index in [-0.39, 0.29) is 6.10 Å². The third kappa shape index (κ3) is 4.67. The quantitative estimate of drug-likeness (QED) is 0.819. The van der Waals surface area contributed by atoms with Crippen molar-refractivity contribution in [3.63, 3.8) is 0 Å². The molecule has 1 aromatic rings. The Balaban J connectivity index is 2.79. The number of hydrogen-bond donors (Lipinski definition) is 1. The van der Waals surface area contributed by atoms with Crippen LogP contribution in [0.1, 0.15) is 38.6 Å². The lowest BCUT2D eigenvalue weighted by Gasteiger charge is -2.22. The minimum Gasteiger partial charge on any atom is -0.383 e. The van der Waals surface area contributed by atoms with Gasteiger partial charge in [0.15, 0.2) is 0 Å². The molecule has 0 saturated carbocycles. The van der Waals surface area contributed by atoms with E-state index in [0.29, 0.717) is 12.4 Å². The topological polar surface area (TPSA) is 64.3 Å². The molecule has 1 heterocycles. The van der Waals surface area contributed by atoms with Crippen LogP contribution in [0.3, 0.4) is 0 Å². The predicted molar refractivity (Wildman–Crippen MR) is 79.5 cm³/mol. The first-order valence-electron chi connectivity index (χ1n) is 6.91. The average Bonchev–Trinajstić information content (AvgIpc) is 2.33. The zero-order valence-electron chi connectivity index (χ0n) is 12.7. The van der Waals surface area contributed by atoms with E-state index in [4.69, 9.17) is 10.5 Å². The summed E-state index contributed by atoms with van der Waals surface area (Å²) in [7, 11) is 2.01. The number of nitrogens with two attached hydrogens (primary N) is 1. The normalized spacial score (nSPS) is 11.1. The Labute approximate surface area is 116 Å². The summed E-state index contributed by atoms with van der Waals surface area (Å²) in [6, 6.07) is 0. The van der Waals surface area contributed by atoms with Crippen molar-refractivity contribution in [2.45, 2.75) is 46.6 Å². The second-order valence-electron chi connectivity index (χ2n) is 5.06. The van der Waals surface area contributed by atoms with Gasteiger partial charge in [0.05, 0.1) is 12.7 Å². The van der Waals surface area contributed by atoms with E-state index in [1.807, 2.05) is 27.8 Å². The van der Waals surface area contributed by atoms with Gasteiger partial charge < -0.3 is 15.4 Å². The first-order valence-corrected chi connectivity index (χ1v) is 6.91. The Hall–Kier alpha value is -1.36. The Bertz CT molecular complexity index is 407. The number of aryl methyl sites for hydroxylation is 1. The molecule has 0 aromatic carbocycles. The summed E-state index contributed by atoms with van der Waals surface area (Å²) in [6.45, 7) is 9.61. The van der Waals surface area contributed by atoms with Gasteiger partial charge in [-0.1, -0.05) is 6.92 Å². The molecular weight excluding hydrogens is 240 g/mol. The largest absolute Gasteiger partial charge is 0.383 e. The van der Waals surface area contributed by atoms with Gasteiger partial charge in [-0.3, -0.25) is 0 Å². The lowest BCUT2D eigenvalue weighted by Crippen LogP contribution is -2.26. The van der Waals surface area contributed by atoms with Crippen LogP contribution in [0.4, 0.5) is 11.6 Å². The summed E-state index contributed by atoms with van der Waals surface area (Å²) in [6.07, 6.45) is 2.12. The van der Waals surface area contributed by atoms with E-state index in [9.17, 15) is 0 Å². The molecule has 2 N–H and O–H groups in total. The molecule has 0 amide bonds. The first-order chi connectivity index (χ1) is 8.95. The maximum Gasteiger partial charge on any atom is 0.137 e. The Kier molecular flexibility index (Phi) is 6.02. The van der Waals surface area contributed by atoms with Gasteiger partial charge in [-0.2, -0.15) is 0 Å². The molecule has 5 nitrogen and oxygen atoms in total. The summed E-state index contributed by atoms with van der Waals surface area (Å²) in [5, 5.41) is 0. The molecule has 0 aliphatic rings. The highest BCUT2D eigenvalue weighted by Crippen LogP contribution is 2.20. The van der Waals surface area contributed by atoms with Gasteiger partial charge in [0, 0.05) is 25.6 Å². The highest BCUT2D eigenvalue weighted by Gasteiger charge is 2.12. The summed E-state index contributed by atoms with van der Waals surface area (Å²) in [4.78, 5) is 11.0. The fraction of sp³-hybridized carbons (Fsp3) is 0.714. The summed E-state index contributed by atoms with van der Waals surface area (Å²) < 4.78 is 5.57. The highest BCUT2D eigenvalue weighted by molar-refractivity contribution is 5.56. The number of rotatable bonds is 7. The van der Waals surface area contributed by atoms with Gasteiger partial charge >= 0.3 is 0 Å². The van der Waals surface area contributed by atoms with Crippen molar-refractivity contribution in [2.24, 2.45) is 0 Å². The van der Waals surface area contributed by atoms with Crippen LogP contribution in [-0.4, -0.2) is 36.3 Å². The van der Waals surface area contributed by atoms with Crippen LogP contribution in [0.25, 0.3) is 0 Å². The summed E-state index contributed by atoms with van der Waals surface area (Å²) in [5.41, 5.74) is 6.89.